The van der Waals surface area contributed by atoms with Crippen LogP contribution in [0.25, 0.3) is 0 Å². The second kappa shape index (κ2) is 6.66. The number of carbonyl (C=O) groups excluding carboxylic acids is 1. The minimum absolute atomic E-state index is 0.00709. The molecular formula is C16H17BrN2O. The third-order valence-electron chi connectivity index (χ3n) is 3.10. The smallest absolute Gasteiger partial charge is 0.253 e. The number of pyridine rings is 1. The van der Waals surface area contributed by atoms with E-state index in [0.717, 1.165) is 10.2 Å². The van der Waals surface area contributed by atoms with Crippen LogP contribution in [0.4, 0.5) is 0 Å². The molecular weight excluding hydrogens is 316 g/mol. The van der Waals surface area contributed by atoms with Crippen molar-refractivity contribution in [3.05, 3.63) is 64.4 Å². The Balaban J connectivity index is 2.17. The number of amides is 1. The van der Waals surface area contributed by atoms with Gasteiger partial charge in [0.25, 0.3) is 5.91 Å². The highest BCUT2D eigenvalue weighted by Gasteiger charge is 2.18. The molecule has 0 aliphatic rings. The zero-order valence-electron chi connectivity index (χ0n) is 11.5. The summed E-state index contributed by atoms with van der Waals surface area (Å²) in [6.07, 6.45) is 1.57. The summed E-state index contributed by atoms with van der Waals surface area (Å²) in [5, 5.41) is 3.07. The van der Waals surface area contributed by atoms with Crippen molar-refractivity contribution < 1.29 is 4.79 Å². The van der Waals surface area contributed by atoms with Crippen molar-refractivity contribution in [2.75, 3.05) is 0 Å². The highest BCUT2D eigenvalue weighted by Crippen LogP contribution is 2.21. The average molecular weight is 333 g/mol. The molecule has 4 heteroatoms. The van der Waals surface area contributed by atoms with Crippen LogP contribution < -0.4 is 5.32 Å². The molecule has 0 aliphatic carbocycles. The molecule has 3 nitrogen and oxygen atoms in total. The molecule has 0 radical (unpaired) electrons. The Morgan fingerprint density at radius 1 is 1.15 bits per heavy atom. The first-order chi connectivity index (χ1) is 9.58. The van der Waals surface area contributed by atoms with Crippen molar-refractivity contribution in [3.63, 3.8) is 0 Å². The van der Waals surface area contributed by atoms with Crippen LogP contribution in [0.3, 0.4) is 0 Å². The van der Waals surface area contributed by atoms with E-state index in [1.807, 2.05) is 30.3 Å². The number of benzene rings is 1. The van der Waals surface area contributed by atoms with Crippen LogP contribution in [0, 0.1) is 5.92 Å². The lowest BCUT2D eigenvalue weighted by molar-refractivity contribution is 0.0925. The maximum absolute atomic E-state index is 12.3. The lowest BCUT2D eigenvalue weighted by Crippen LogP contribution is -2.31. The molecule has 0 bridgehead atoms. The Kier molecular flexibility index (Phi) is 4.90. The van der Waals surface area contributed by atoms with E-state index in [1.165, 1.54) is 0 Å². The standard InChI is InChI=1S/C16H17BrN2O/c1-11(2)15(12-6-4-3-5-7-12)19-16(20)13-8-9-14(17)18-10-13/h3-11,15H,1-2H3,(H,19,20). The summed E-state index contributed by atoms with van der Waals surface area (Å²) >= 11 is 3.26. The largest absolute Gasteiger partial charge is 0.345 e. The zero-order valence-corrected chi connectivity index (χ0v) is 13.1. The third kappa shape index (κ3) is 3.67. The fourth-order valence-corrected chi connectivity index (χ4v) is 2.26. The fourth-order valence-electron chi connectivity index (χ4n) is 2.03. The normalized spacial score (nSPS) is 12.2. The molecule has 0 saturated heterocycles. The van der Waals surface area contributed by atoms with Gasteiger partial charge >= 0.3 is 0 Å². The molecule has 0 saturated carbocycles. The fraction of sp³-hybridized carbons (Fsp3) is 0.250. The van der Waals surface area contributed by atoms with Gasteiger partial charge < -0.3 is 5.32 Å². The molecule has 1 aromatic heterocycles. The molecule has 1 N–H and O–H groups in total. The Labute approximate surface area is 127 Å². The number of rotatable bonds is 4. The first-order valence-corrected chi connectivity index (χ1v) is 7.34. The summed E-state index contributed by atoms with van der Waals surface area (Å²) < 4.78 is 0.720. The van der Waals surface area contributed by atoms with Crippen LogP contribution in [0.2, 0.25) is 0 Å². The summed E-state index contributed by atoms with van der Waals surface area (Å²) in [7, 11) is 0. The maximum Gasteiger partial charge on any atom is 0.253 e. The van der Waals surface area contributed by atoms with Crippen molar-refractivity contribution in [2.45, 2.75) is 19.9 Å². The van der Waals surface area contributed by atoms with E-state index < -0.39 is 0 Å². The summed E-state index contributed by atoms with van der Waals surface area (Å²) in [4.78, 5) is 16.4. The molecule has 2 rings (SSSR count). The number of hydrogen-bond acceptors (Lipinski definition) is 2. The van der Waals surface area contributed by atoms with E-state index in [9.17, 15) is 4.79 Å². The first kappa shape index (κ1) is 14.7. The van der Waals surface area contributed by atoms with Gasteiger partial charge in [0.1, 0.15) is 4.60 Å². The highest BCUT2D eigenvalue weighted by molar-refractivity contribution is 9.10. The van der Waals surface area contributed by atoms with Crippen LogP contribution in [0.15, 0.2) is 53.3 Å². The lowest BCUT2D eigenvalue weighted by atomic mass is 9.96. The van der Waals surface area contributed by atoms with Crippen molar-refractivity contribution in [1.82, 2.24) is 10.3 Å². The Hall–Kier alpha value is -1.68. The summed E-state index contributed by atoms with van der Waals surface area (Å²) in [5.41, 5.74) is 1.68. The van der Waals surface area contributed by atoms with Crippen LogP contribution in [0.5, 0.6) is 0 Å². The molecule has 1 amide bonds. The van der Waals surface area contributed by atoms with E-state index in [4.69, 9.17) is 0 Å². The van der Waals surface area contributed by atoms with Gasteiger partial charge in [0, 0.05) is 6.20 Å². The highest BCUT2D eigenvalue weighted by atomic mass is 79.9. The minimum Gasteiger partial charge on any atom is -0.345 e. The summed E-state index contributed by atoms with van der Waals surface area (Å²) in [6.45, 7) is 4.19. The quantitative estimate of drug-likeness (QED) is 0.860. The van der Waals surface area contributed by atoms with Crippen LogP contribution in [-0.4, -0.2) is 10.9 Å². The predicted octanol–water partition coefficient (Wildman–Crippen LogP) is 3.97. The van der Waals surface area contributed by atoms with Gasteiger partial charge in [0.2, 0.25) is 0 Å². The Bertz CT molecular complexity index is 567. The molecule has 0 spiro atoms. The van der Waals surface area contributed by atoms with Gasteiger partial charge in [0.05, 0.1) is 11.6 Å². The number of aromatic nitrogens is 1. The van der Waals surface area contributed by atoms with Gasteiger partial charge in [-0.3, -0.25) is 4.79 Å². The van der Waals surface area contributed by atoms with Crippen LogP contribution >= 0.6 is 15.9 Å². The van der Waals surface area contributed by atoms with Crippen LogP contribution in [0.1, 0.15) is 35.8 Å². The average Bonchev–Trinajstić information content (AvgIpc) is 2.46. The number of nitrogens with one attached hydrogen (secondary N) is 1. The second-order valence-electron chi connectivity index (χ2n) is 4.98. The molecule has 2 aromatic rings. The second-order valence-corrected chi connectivity index (χ2v) is 5.79. The molecule has 0 fully saturated rings. The molecule has 20 heavy (non-hydrogen) atoms. The third-order valence-corrected chi connectivity index (χ3v) is 3.57. The van der Waals surface area contributed by atoms with Crippen molar-refractivity contribution in [3.8, 4) is 0 Å². The van der Waals surface area contributed by atoms with E-state index in [-0.39, 0.29) is 11.9 Å². The number of carbonyl (C=O) groups is 1. The van der Waals surface area contributed by atoms with Crippen molar-refractivity contribution >= 4 is 21.8 Å². The molecule has 104 valence electrons. The van der Waals surface area contributed by atoms with Gasteiger partial charge in [-0.15, -0.1) is 0 Å². The number of hydrogen-bond donors (Lipinski definition) is 1. The Morgan fingerprint density at radius 2 is 1.85 bits per heavy atom. The van der Waals surface area contributed by atoms with Crippen molar-refractivity contribution in [1.29, 1.82) is 0 Å². The zero-order chi connectivity index (χ0) is 14.5. The van der Waals surface area contributed by atoms with Crippen molar-refractivity contribution in [2.24, 2.45) is 5.92 Å². The van der Waals surface area contributed by atoms with E-state index in [0.29, 0.717) is 11.5 Å². The molecule has 0 aliphatic heterocycles. The topological polar surface area (TPSA) is 42.0 Å². The van der Waals surface area contributed by atoms with Crippen LogP contribution in [-0.2, 0) is 0 Å². The van der Waals surface area contributed by atoms with Gasteiger partial charge in [-0.1, -0.05) is 44.2 Å². The number of halogens is 1. The monoisotopic (exact) mass is 332 g/mol. The Morgan fingerprint density at radius 3 is 2.40 bits per heavy atom. The molecule has 1 aromatic carbocycles. The molecule has 1 unspecified atom stereocenters. The van der Waals surface area contributed by atoms with Gasteiger partial charge in [-0.25, -0.2) is 4.98 Å². The molecule has 1 atom stereocenters. The SMILES string of the molecule is CC(C)C(NC(=O)c1ccc(Br)nc1)c1ccccc1. The van der Waals surface area contributed by atoms with Gasteiger partial charge in [0.15, 0.2) is 0 Å². The van der Waals surface area contributed by atoms with E-state index in [1.54, 1.807) is 18.3 Å². The minimum atomic E-state index is -0.104. The van der Waals surface area contributed by atoms with Gasteiger partial charge in [-0.05, 0) is 39.5 Å². The summed E-state index contributed by atoms with van der Waals surface area (Å²) in [5.74, 6) is 0.206. The van der Waals surface area contributed by atoms with Gasteiger partial charge in [-0.2, -0.15) is 0 Å². The maximum atomic E-state index is 12.3. The lowest BCUT2D eigenvalue weighted by Gasteiger charge is -2.23. The van der Waals surface area contributed by atoms with E-state index in [2.05, 4.69) is 40.1 Å². The summed E-state index contributed by atoms with van der Waals surface area (Å²) in [6, 6.07) is 13.5. The predicted molar refractivity (Wildman–Crippen MR) is 83.4 cm³/mol. The van der Waals surface area contributed by atoms with E-state index >= 15 is 0 Å². The first-order valence-electron chi connectivity index (χ1n) is 6.55. The number of nitrogens with zero attached hydrogens (tertiary/aromatic N) is 1. The molecule has 1 heterocycles.